The third kappa shape index (κ3) is 5.30. The summed E-state index contributed by atoms with van der Waals surface area (Å²) in [5, 5.41) is 0.466. The van der Waals surface area contributed by atoms with Crippen LogP contribution in [0, 0.1) is 0 Å². The maximum atomic E-state index is 6.07. The molecule has 0 aliphatic carbocycles. The first-order valence-electron chi connectivity index (χ1n) is 6.35. The van der Waals surface area contributed by atoms with Crippen molar-refractivity contribution in [2.75, 3.05) is 45.4 Å². The number of hydrogen-bond donors (Lipinski definition) is 0. The molecule has 0 aromatic carbocycles. The molecule has 1 aromatic heterocycles. The Morgan fingerprint density at radius 2 is 1.74 bits per heavy atom. The number of rotatable bonds is 8. The highest BCUT2D eigenvalue weighted by atomic mass is 35.5. The Labute approximate surface area is 119 Å². The van der Waals surface area contributed by atoms with E-state index >= 15 is 0 Å². The van der Waals surface area contributed by atoms with Gasteiger partial charge in [0.05, 0.1) is 13.2 Å². The van der Waals surface area contributed by atoms with Crippen LogP contribution in [0.25, 0.3) is 0 Å². The van der Waals surface area contributed by atoms with Gasteiger partial charge < -0.3 is 14.4 Å². The summed E-state index contributed by atoms with van der Waals surface area (Å²) in [5.41, 5.74) is 0. The zero-order valence-electron chi connectivity index (χ0n) is 12.0. The average Bonchev–Trinajstić information content (AvgIpc) is 2.38. The Hall–Kier alpha value is -0.910. The van der Waals surface area contributed by atoms with Gasteiger partial charge in [-0.25, -0.2) is 9.97 Å². The second-order valence-corrected chi connectivity index (χ2v) is 4.92. The molecule has 0 aliphatic heterocycles. The van der Waals surface area contributed by atoms with Crippen molar-refractivity contribution in [1.82, 2.24) is 9.97 Å². The lowest BCUT2D eigenvalue weighted by Gasteiger charge is -2.23. The van der Waals surface area contributed by atoms with Crippen LogP contribution in [-0.2, 0) is 9.47 Å². The lowest BCUT2D eigenvalue weighted by molar-refractivity contribution is 0.190. The van der Waals surface area contributed by atoms with Crippen molar-refractivity contribution in [1.29, 1.82) is 0 Å². The molecule has 108 valence electrons. The highest BCUT2D eigenvalue weighted by Gasteiger charge is 2.12. The van der Waals surface area contributed by atoms with Crippen molar-refractivity contribution in [3.05, 3.63) is 17.0 Å². The molecule has 0 bridgehead atoms. The van der Waals surface area contributed by atoms with Crippen LogP contribution in [0.2, 0.25) is 5.15 Å². The molecule has 0 atom stereocenters. The highest BCUT2D eigenvalue weighted by molar-refractivity contribution is 6.29. The summed E-state index contributed by atoms with van der Waals surface area (Å²) in [5.74, 6) is 1.81. The summed E-state index contributed by atoms with van der Waals surface area (Å²) in [4.78, 5) is 10.9. The predicted molar refractivity (Wildman–Crippen MR) is 77.1 cm³/mol. The van der Waals surface area contributed by atoms with Crippen LogP contribution in [0.5, 0.6) is 0 Å². The number of ether oxygens (including phenoxy) is 2. The molecule has 19 heavy (non-hydrogen) atoms. The van der Waals surface area contributed by atoms with Gasteiger partial charge >= 0.3 is 0 Å². The monoisotopic (exact) mass is 287 g/mol. The fourth-order valence-electron chi connectivity index (χ4n) is 1.59. The Balaban J connectivity index is 2.92. The first-order chi connectivity index (χ1) is 9.08. The van der Waals surface area contributed by atoms with Crippen molar-refractivity contribution in [2.45, 2.75) is 19.8 Å². The van der Waals surface area contributed by atoms with E-state index in [-0.39, 0.29) is 5.92 Å². The van der Waals surface area contributed by atoms with E-state index in [0.717, 1.165) is 24.7 Å². The van der Waals surface area contributed by atoms with Crippen molar-refractivity contribution in [3.8, 4) is 0 Å². The van der Waals surface area contributed by atoms with Crippen LogP contribution in [0.4, 0.5) is 5.82 Å². The summed E-state index contributed by atoms with van der Waals surface area (Å²) in [6, 6.07) is 1.78. The van der Waals surface area contributed by atoms with Crippen molar-refractivity contribution in [3.63, 3.8) is 0 Å². The minimum Gasteiger partial charge on any atom is -0.383 e. The molecule has 0 saturated carbocycles. The largest absolute Gasteiger partial charge is 0.383 e. The lowest BCUT2D eigenvalue weighted by Crippen LogP contribution is -2.31. The first kappa shape index (κ1) is 16.1. The van der Waals surface area contributed by atoms with E-state index in [1.807, 2.05) is 13.8 Å². The van der Waals surface area contributed by atoms with E-state index < -0.39 is 0 Å². The van der Waals surface area contributed by atoms with Gasteiger partial charge in [0.2, 0.25) is 0 Å². The molecule has 0 aliphatic rings. The van der Waals surface area contributed by atoms with Crippen LogP contribution >= 0.6 is 11.6 Å². The molecular weight excluding hydrogens is 266 g/mol. The molecule has 0 radical (unpaired) electrons. The topological polar surface area (TPSA) is 47.5 Å². The third-order valence-electron chi connectivity index (χ3n) is 2.67. The van der Waals surface area contributed by atoms with Gasteiger partial charge in [-0.2, -0.15) is 0 Å². The summed E-state index contributed by atoms with van der Waals surface area (Å²) in [6.45, 7) is 6.83. The Morgan fingerprint density at radius 3 is 2.21 bits per heavy atom. The molecule has 1 rings (SSSR count). The summed E-state index contributed by atoms with van der Waals surface area (Å²) in [6.07, 6.45) is 0. The zero-order chi connectivity index (χ0) is 14.3. The highest BCUT2D eigenvalue weighted by Crippen LogP contribution is 2.19. The molecular formula is C13H22ClN3O2. The summed E-state index contributed by atoms with van der Waals surface area (Å²) < 4.78 is 10.2. The van der Waals surface area contributed by atoms with Crippen LogP contribution < -0.4 is 4.90 Å². The van der Waals surface area contributed by atoms with E-state index in [1.165, 1.54) is 0 Å². The number of halogens is 1. The molecule has 0 unspecified atom stereocenters. The zero-order valence-corrected chi connectivity index (χ0v) is 12.8. The van der Waals surface area contributed by atoms with E-state index in [2.05, 4.69) is 14.9 Å². The van der Waals surface area contributed by atoms with Crippen LogP contribution in [0.15, 0.2) is 6.07 Å². The summed E-state index contributed by atoms with van der Waals surface area (Å²) in [7, 11) is 3.36. The van der Waals surface area contributed by atoms with Gasteiger partial charge in [0.15, 0.2) is 0 Å². The third-order valence-corrected chi connectivity index (χ3v) is 2.86. The molecule has 0 spiro atoms. The second kappa shape index (κ2) is 8.30. The van der Waals surface area contributed by atoms with E-state index in [9.17, 15) is 0 Å². The molecule has 0 fully saturated rings. The molecule has 6 heteroatoms. The fraction of sp³-hybridized carbons (Fsp3) is 0.692. The van der Waals surface area contributed by atoms with E-state index in [1.54, 1.807) is 20.3 Å². The Kier molecular flexibility index (Phi) is 7.05. The number of methoxy groups -OCH3 is 2. The number of nitrogens with zero attached hydrogens (tertiary/aromatic N) is 3. The average molecular weight is 288 g/mol. The van der Waals surface area contributed by atoms with E-state index in [0.29, 0.717) is 18.4 Å². The van der Waals surface area contributed by atoms with Crippen molar-refractivity contribution in [2.24, 2.45) is 0 Å². The maximum absolute atomic E-state index is 6.07. The lowest BCUT2D eigenvalue weighted by atomic mass is 10.2. The smallest absolute Gasteiger partial charge is 0.135 e. The van der Waals surface area contributed by atoms with Crippen LogP contribution in [0.1, 0.15) is 25.6 Å². The Morgan fingerprint density at radius 1 is 1.16 bits per heavy atom. The number of aromatic nitrogens is 2. The van der Waals surface area contributed by atoms with E-state index in [4.69, 9.17) is 21.1 Å². The SMILES string of the molecule is COCCN(CCOC)c1cc(Cl)nc(C(C)C)n1. The molecule has 5 nitrogen and oxygen atoms in total. The second-order valence-electron chi connectivity index (χ2n) is 4.53. The molecule has 0 N–H and O–H groups in total. The maximum Gasteiger partial charge on any atom is 0.135 e. The standard InChI is InChI=1S/C13H22ClN3O2/c1-10(2)13-15-11(14)9-12(16-13)17(5-7-18-3)6-8-19-4/h9-10H,5-8H2,1-4H3. The van der Waals surface area contributed by atoms with Crippen LogP contribution in [0.3, 0.4) is 0 Å². The number of anilines is 1. The van der Waals surface area contributed by atoms with Gasteiger partial charge in [-0.1, -0.05) is 25.4 Å². The summed E-state index contributed by atoms with van der Waals surface area (Å²) >= 11 is 6.07. The molecule has 1 heterocycles. The molecule has 1 aromatic rings. The van der Waals surface area contributed by atoms with Crippen LogP contribution in [-0.4, -0.2) is 50.5 Å². The van der Waals surface area contributed by atoms with Crippen molar-refractivity contribution < 1.29 is 9.47 Å². The minimum atomic E-state index is 0.240. The van der Waals surface area contributed by atoms with Gasteiger partial charge in [-0.15, -0.1) is 0 Å². The van der Waals surface area contributed by atoms with Gasteiger partial charge in [0.25, 0.3) is 0 Å². The van der Waals surface area contributed by atoms with Crippen molar-refractivity contribution >= 4 is 17.4 Å². The van der Waals surface area contributed by atoms with Gasteiger partial charge in [-0.3, -0.25) is 0 Å². The molecule has 0 saturated heterocycles. The van der Waals surface area contributed by atoms with Gasteiger partial charge in [0, 0.05) is 39.3 Å². The number of hydrogen-bond acceptors (Lipinski definition) is 5. The molecule has 0 amide bonds. The quantitative estimate of drug-likeness (QED) is 0.687. The first-order valence-corrected chi connectivity index (χ1v) is 6.73. The predicted octanol–water partition coefficient (Wildman–Crippen LogP) is 2.35. The van der Waals surface area contributed by atoms with Gasteiger partial charge in [-0.05, 0) is 0 Å². The minimum absolute atomic E-state index is 0.240. The Bertz CT molecular complexity index is 380. The normalized spacial score (nSPS) is 11.1. The fourth-order valence-corrected chi connectivity index (χ4v) is 1.77. The van der Waals surface area contributed by atoms with Gasteiger partial charge in [0.1, 0.15) is 16.8 Å².